The number of fused-ring (bicyclic) bond motifs is 1. The van der Waals surface area contributed by atoms with Gasteiger partial charge in [0.25, 0.3) is 5.88 Å². The molecule has 6 nitrogen and oxygen atoms in total. The first-order valence-corrected chi connectivity index (χ1v) is 8.79. The van der Waals surface area contributed by atoms with E-state index in [1.54, 1.807) is 19.5 Å². The van der Waals surface area contributed by atoms with Crippen molar-refractivity contribution < 1.29 is 13.5 Å². The van der Waals surface area contributed by atoms with Gasteiger partial charge in [-0.05, 0) is 25.3 Å². The maximum Gasteiger partial charge on any atom is 0.257 e. The molecule has 0 aromatic carbocycles. The van der Waals surface area contributed by atoms with E-state index < -0.39 is 11.6 Å². The number of likely N-dealkylation sites (tertiary alicyclic amines) is 1. The third kappa shape index (κ3) is 3.09. The molecule has 138 valence electrons. The lowest BCUT2D eigenvalue weighted by Gasteiger charge is -2.39. The number of hydrogen-bond acceptors (Lipinski definition) is 6. The van der Waals surface area contributed by atoms with E-state index in [-0.39, 0.29) is 18.2 Å². The zero-order valence-corrected chi connectivity index (χ0v) is 14.6. The summed E-state index contributed by atoms with van der Waals surface area (Å²) in [5.74, 6) is 0.582. The van der Waals surface area contributed by atoms with Crippen LogP contribution in [0.4, 0.5) is 14.6 Å². The number of anilines is 1. The first-order chi connectivity index (χ1) is 12.7. The fraction of sp³-hybridized carbons (Fsp3) is 0.500. The molecule has 0 amide bonds. The highest BCUT2D eigenvalue weighted by Crippen LogP contribution is 2.36. The summed E-state index contributed by atoms with van der Waals surface area (Å²) in [6, 6.07) is 0.224. The molecule has 2 aromatic heterocycles. The monoisotopic (exact) mass is 361 g/mol. The second-order valence-electron chi connectivity index (χ2n) is 6.79. The number of hydrogen-bond donors (Lipinski definition) is 0. The van der Waals surface area contributed by atoms with Gasteiger partial charge in [0, 0.05) is 43.6 Å². The molecule has 2 aliphatic heterocycles. The van der Waals surface area contributed by atoms with Crippen LogP contribution in [-0.2, 0) is 6.54 Å². The van der Waals surface area contributed by atoms with Crippen molar-refractivity contribution in [2.75, 3.05) is 31.6 Å². The van der Waals surface area contributed by atoms with Crippen molar-refractivity contribution in [2.45, 2.75) is 25.4 Å². The number of ether oxygens (including phenoxy) is 1. The van der Waals surface area contributed by atoms with Crippen LogP contribution in [0.5, 0.6) is 5.88 Å². The maximum atomic E-state index is 14.0. The summed E-state index contributed by atoms with van der Waals surface area (Å²) in [5, 5.41) is 0. The van der Waals surface area contributed by atoms with Gasteiger partial charge in [0.05, 0.1) is 19.5 Å². The normalized spacial score (nSPS) is 23.1. The Labute approximate surface area is 150 Å². The Morgan fingerprint density at radius 1 is 1.12 bits per heavy atom. The van der Waals surface area contributed by atoms with Gasteiger partial charge in [-0.15, -0.1) is 0 Å². The molecule has 8 heteroatoms. The number of rotatable bonds is 4. The Hall–Kier alpha value is -2.35. The van der Waals surface area contributed by atoms with E-state index >= 15 is 0 Å². The number of pyridine rings is 1. The summed E-state index contributed by atoms with van der Waals surface area (Å²) in [4.78, 5) is 16.5. The van der Waals surface area contributed by atoms with Crippen molar-refractivity contribution in [1.29, 1.82) is 0 Å². The van der Waals surface area contributed by atoms with Crippen LogP contribution >= 0.6 is 0 Å². The van der Waals surface area contributed by atoms with Crippen LogP contribution in [0.2, 0.25) is 0 Å². The fourth-order valence-corrected chi connectivity index (χ4v) is 4.09. The number of methoxy groups -OCH3 is 1. The summed E-state index contributed by atoms with van der Waals surface area (Å²) >= 11 is 0. The summed E-state index contributed by atoms with van der Waals surface area (Å²) < 4.78 is 33.3. The number of aromatic nitrogens is 3. The highest BCUT2D eigenvalue weighted by molar-refractivity contribution is 5.48. The molecule has 4 rings (SSSR count). The highest BCUT2D eigenvalue weighted by Gasteiger charge is 2.39. The molecule has 0 aliphatic carbocycles. The van der Waals surface area contributed by atoms with E-state index in [4.69, 9.17) is 4.74 Å². The van der Waals surface area contributed by atoms with Gasteiger partial charge in [-0.1, -0.05) is 0 Å². The average molecular weight is 361 g/mol. The molecule has 4 heterocycles. The van der Waals surface area contributed by atoms with Gasteiger partial charge in [-0.25, -0.2) is 18.7 Å². The van der Waals surface area contributed by atoms with Crippen molar-refractivity contribution in [1.82, 2.24) is 19.9 Å². The lowest BCUT2D eigenvalue weighted by atomic mass is 9.92. The zero-order valence-electron chi connectivity index (χ0n) is 14.6. The van der Waals surface area contributed by atoms with E-state index in [0.717, 1.165) is 50.7 Å². The molecule has 26 heavy (non-hydrogen) atoms. The average Bonchev–Trinajstić information content (AvgIpc) is 3.07. The topological polar surface area (TPSA) is 54.4 Å². The minimum absolute atomic E-state index is 0.0925. The van der Waals surface area contributed by atoms with Gasteiger partial charge < -0.3 is 9.64 Å². The molecule has 0 N–H and O–H groups in total. The van der Waals surface area contributed by atoms with E-state index in [1.807, 2.05) is 0 Å². The van der Waals surface area contributed by atoms with E-state index in [9.17, 15) is 8.78 Å². The van der Waals surface area contributed by atoms with Crippen LogP contribution in [0.1, 0.15) is 18.4 Å². The van der Waals surface area contributed by atoms with Gasteiger partial charge in [0.2, 0.25) is 0 Å². The first-order valence-electron chi connectivity index (χ1n) is 8.79. The lowest BCUT2D eigenvalue weighted by molar-refractivity contribution is 0.195. The molecule has 2 unspecified atom stereocenters. The largest absolute Gasteiger partial charge is 0.478 e. The SMILES string of the molecule is COc1nccnc1N1CCC2CCN(Cc3c(F)cncc3F)C2C1. The van der Waals surface area contributed by atoms with Crippen molar-refractivity contribution >= 4 is 5.82 Å². The van der Waals surface area contributed by atoms with Gasteiger partial charge >= 0.3 is 0 Å². The molecule has 0 bridgehead atoms. The number of nitrogens with zero attached hydrogens (tertiary/aromatic N) is 5. The summed E-state index contributed by atoms with van der Waals surface area (Å²) in [6.45, 7) is 2.71. The lowest BCUT2D eigenvalue weighted by Crippen LogP contribution is -2.48. The van der Waals surface area contributed by atoms with Crippen LogP contribution in [0.15, 0.2) is 24.8 Å². The maximum absolute atomic E-state index is 14.0. The Morgan fingerprint density at radius 3 is 2.62 bits per heavy atom. The molecule has 2 fully saturated rings. The van der Waals surface area contributed by atoms with Crippen LogP contribution < -0.4 is 9.64 Å². The van der Waals surface area contributed by atoms with Crippen LogP contribution in [0, 0.1) is 17.6 Å². The van der Waals surface area contributed by atoms with Crippen molar-refractivity contribution in [2.24, 2.45) is 5.92 Å². The van der Waals surface area contributed by atoms with Crippen molar-refractivity contribution in [3.8, 4) is 5.88 Å². The van der Waals surface area contributed by atoms with E-state index in [2.05, 4.69) is 24.8 Å². The van der Waals surface area contributed by atoms with Gasteiger partial charge in [-0.2, -0.15) is 0 Å². The molecule has 0 saturated carbocycles. The zero-order chi connectivity index (χ0) is 18.1. The minimum atomic E-state index is -0.586. The van der Waals surface area contributed by atoms with E-state index in [0.29, 0.717) is 11.8 Å². The smallest absolute Gasteiger partial charge is 0.257 e. The molecule has 0 radical (unpaired) electrons. The van der Waals surface area contributed by atoms with Gasteiger partial charge in [0.1, 0.15) is 11.6 Å². The molecule has 2 aromatic rings. The first kappa shape index (κ1) is 17.1. The summed E-state index contributed by atoms with van der Waals surface area (Å²) in [7, 11) is 1.58. The van der Waals surface area contributed by atoms with E-state index in [1.165, 1.54) is 0 Å². The fourth-order valence-electron chi connectivity index (χ4n) is 4.09. The Balaban J connectivity index is 1.54. The molecule has 2 atom stereocenters. The standard InChI is InChI=1S/C18H21F2N5O/c1-26-18-17(22-4-5-23-18)25-7-3-12-2-6-24(16(12)11-25)10-13-14(19)8-21-9-15(13)20/h4-5,8-9,12,16H,2-3,6-7,10-11H2,1H3. The predicted molar refractivity (Wildman–Crippen MR) is 91.9 cm³/mol. The molecular formula is C18H21F2N5O. The Kier molecular flexibility index (Phi) is 4.67. The van der Waals surface area contributed by atoms with Gasteiger partial charge in [-0.3, -0.25) is 9.88 Å². The number of piperidine rings is 1. The Bertz CT molecular complexity index is 770. The molecular weight excluding hydrogens is 340 g/mol. The van der Waals surface area contributed by atoms with Crippen molar-refractivity contribution in [3.63, 3.8) is 0 Å². The third-order valence-electron chi connectivity index (χ3n) is 5.43. The van der Waals surface area contributed by atoms with Crippen LogP contribution in [0.3, 0.4) is 0 Å². The number of halogens is 2. The highest BCUT2D eigenvalue weighted by atomic mass is 19.1. The summed E-state index contributed by atoms with van der Waals surface area (Å²) in [5.41, 5.74) is 0.0925. The van der Waals surface area contributed by atoms with Crippen molar-refractivity contribution in [3.05, 3.63) is 42.0 Å². The second kappa shape index (κ2) is 7.11. The quantitative estimate of drug-likeness (QED) is 0.833. The molecule has 2 saturated heterocycles. The van der Waals surface area contributed by atoms with Crippen LogP contribution in [-0.4, -0.2) is 52.6 Å². The second-order valence-corrected chi connectivity index (χ2v) is 6.79. The molecule has 2 aliphatic rings. The minimum Gasteiger partial charge on any atom is -0.478 e. The van der Waals surface area contributed by atoms with Crippen LogP contribution in [0.25, 0.3) is 0 Å². The Morgan fingerprint density at radius 2 is 1.85 bits per heavy atom. The predicted octanol–water partition coefficient (Wildman–Crippen LogP) is 2.26. The van der Waals surface area contributed by atoms with Gasteiger partial charge in [0.15, 0.2) is 5.82 Å². The third-order valence-corrected chi connectivity index (χ3v) is 5.43. The molecule has 0 spiro atoms. The summed E-state index contributed by atoms with van der Waals surface area (Å²) in [6.07, 6.45) is 7.46.